The Labute approximate surface area is 93.0 Å². The molecule has 0 fully saturated rings. The van der Waals surface area contributed by atoms with Gasteiger partial charge < -0.3 is 5.73 Å². The predicted molar refractivity (Wildman–Crippen MR) is 59.5 cm³/mol. The van der Waals surface area contributed by atoms with E-state index in [-0.39, 0.29) is 16.1 Å². The number of hydrogen-bond acceptors (Lipinski definition) is 1. The highest BCUT2D eigenvalue weighted by molar-refractivity contribution is 6.37. The number of benzene rings is 1. The molecule has 4 heteroatoms. The molecule has 0 amide bonds. The van der Waals surface area contributed by atoms with Gasteiger partial charge in [0.2, 0.25) is 0 Å². The fraction of sp³-hybridized carbons (Fsp3) is 0.400. The number of rotatable bonds is 0. The van der Waals surface area contributed by atoms with Crippen molar-refractivity contribution in [2.75, 3.05) is 5.73 Å². The second-order valence-electron chi connectivity index (χ2n) is 4.20. The average Bonchev–Trinajstić information content (AvgIpc) is 1.98. The van der Waals surface area contributed by atoms with E-state index in [1.54, 1.807) is 0 Å². The van der Waals surface area contributed by atoms with Crippen LogP contribution >= 0.6 is 23.2 Å². The largest absolute Gasteiger partial charge is 0.397 e. The molecule has 0 aliphatic carbocycles. The van der Waals surface area contributed by atoms with E-state index in [1.165, 1.54) is 0 Å². The lowest BCUT2D eigenvalue weighted by Crippen LogP contribution is -2.14. The summed E-state index contributed by atoms with van der Waals surface area (Å²) in [4.78, 5) is 0. The Morgan fingerprint density at radius 1 is 1.21 bits per heavy atom. The number of hydrogen-bond donors (Lipinski definition) is 1. The van der Waals surface area contributed by atoms with Crippen LogP contribution in [0.4, 0.5) is 10.1 Å². The standard InChI is InChI=1S/C10H12Cl2FN/c1-10(2,3)7-8(11)5(13)4-6(14)9(7)12/h4H,14H2,1-3H3. The topological polar surface area (TPSA) is 26.0 Å². The lowest BCUT2D eigenvalue weighted by Gasteiger charge is -2.23. The highest BCUT2D eigenvalue weighted by Crippen LogP contribution is 2.39. The van der Waals surface area contributed by atoms with Crippen molar-refractivity contribution in [2.45, 2.75) is 26.2 Å². The average molecular weight is 236 g/mol. The van der Waals surface area contributed by atoms with E-state index >= 15 is 0 Å². The van der Waals surface area contributed by atoms with Gasteiger partial charge >= 0.3 is 0 Å². The molecule has 1 rings (SSSR count). The Morgan fingerprint density at radius 2 is 1.71 bits per heavy atom. The number of nitrogens with two attached hydrogens (primary N) is 1. The summed E-state index contributed by atoms with van der Waals surface area (Å²) in [7, 11) is 0. The second-order valence-corrected chi connectivity index (χ2v) is 4.96. The maximum absolute atomic E-state index is 13.3. The minimum atomic E-state index is -0.529. The van der Waals surface area contributed by atoms with Gasteiger partial charge in [-0.15, -0.1) is 0 Å². The van der Waals surface area contributed by atoms with Gasteiger partial charge in [-0.3, -0.25) is 0 Å². The highest BCUT2D eigenvalue weighted by Gasteiger charge is 2.24. The number of halogens is 3. The summed E-state index contributed by atoms with van der Waals surface area (Å²) in [6.45, 7) is 5.71. The number of anilines is 1. The van der Waals surface area contributed by atoms with Crippen LogP contribution in [0, 0.1) is 5.82 Å². The Balaban J connectivity index is 3.56. The van der Waals surface area contributed by atoms with E-state index in [1.807, 2.05) is 20.8 Å². The summed E-state index contributed by atoms with van der Waals surface area (Å²) in [6.07, 6.45) is 0. The summed E-state index contributed by atoms with van der Waals surface area (Å²) in [6, 6.07) is 1.14. The van der Waals surface area contributed by atoms with E-state index in [9.17, 15) is 4.39 Å². The monoisotopic (exact) mass is 235 g/mol. The van der Waals surface area contributed by atoms with Gasteiger partial charge in [-0.2, -0.15) is 0 Å². The highest BCUT2D eigenvalue weighted by atomic mass is 35.5. The Bertz CT molecular complexity index is 343. The summed E-state index contributed by atoms with van der Waals surface area (Å²) in [5, 5.41) is 0.389. The van der Waals surface area contributed by atoms with Crippen molar-refractivity contribution in [3.05, 3.63) is 27.5 Å². The Morgan fingerprint density at radius 3 is 2.14 bits per heavy atom. The molecule has 0 aliphatic heterocycles. The summed E-state index contributed by atoms with van der Waals surface area (Å²) in [5.74, 6) is -0.529. The van der Waals surface area contributed by atoms with Crippen LogP contribution in [0.2, 0.25) is 10.0 Å². The van der Waals surface area contributed by atoms with Crippen LogP contribution in [0.1, 0.15) is 26.3 Å². The normalized spacial score (nSPS) is 11.9. The van der Waals surface area contributed by atoms with Crippen molar-refractivity contribution >= 4 is 28.9 Å². The van der Waals surface area contributed by atoms with Crippen molar-refractivity contribution in [1.82, 2.24) is 0 Å². The number of nitrogen functional groups attached to an aromatic ring is 1. The second kappa shape index (κ2) is 3.59. The van der Waals surface area contributed by atoms with E-state index in [0.29, 0.717) is 10.6 Å². The molecular weight excluding hydrogens is 224 g/mol. The molecule has 0 atom stereocenters. The molecule has 0 radical (unpaired) electrons. The zero-order valence-electron chi connectivity index (χ0n) is 8.29. The van der Waals surface area contributed by atoms with Gasteiger partial charge in [-0.1, -0.05) is 44.0 Å². The van der Waals surface area contributed by atoms with Gasteiger partial charge in [-0.25, -0.2) is 4.39 Å². The molecule has 1 aromatic rings. The smallest absolute Gasteiger partial charge is 0.144 e. The first-order valence-corrected chi connectivity index (χ1v) is 4.94. The molecule has 0 unspecified atom stereocenters. The molecule has 0 saturated heterocycles. The summed E-state index contributed by atoms with van der Waals surface area (Å²) >= 11 is 11.8. The van der Waals surface area contributed by atoms with E-state index in [2.05, 4.69) is 0 Å². The van der Waals surface area contributed by atoms with Crippen LogP contribution in [-0.4, -0.2) is 0 Å². The van der Waals surface area contributed by atoms with Crippen molar-refractivity contribution in [3.8, 4) is 0 Å². The van der Waals surface area contributed by atoms with Crippen molar-refractivity contribution in [3.63, 3.8) is 0 Å². The zero-order valence-corrected chi connectivity index (χ0v) is 9.80. The van der Waals surface area contributed by atoms with Crippen molar-refractivity contribution in [2.24, 2.45) is 0 Å². The molecule has 0 saturated carbocycles. The molecule has 14 heavy (non-hydrogen) atoms. The SMILES string of the molecule is CC(C)(C)c1c(Cl)c(N)cc(F)c1Cl. The molecule has 1 nitrogen and oxygen atoms in total. The van der Waals surface area contributed by atoms with Crippen LogP contribution in [-0.2, 0) is 5.41 Å². The molecule has 2 N–H and O–H groups in total. The van der Waals surface area contributed by atoms with E-state index in [0.717, 1.165) is 6.07 Å². The third-order valence-electron chi connectivity index (χ3n) is 1.93. The van der Waals surface area contributed by atoms with Gasteiger partial charge in [-0.05, 0) is 17.0 Å². The molecule has 0 bridgehead atoms. The van der Waals surface area contributed by atoms with E-state index in [4.69, 9.17) is 28.9 Å². The predicted octanol–water partition coefficient (Wildman–Crippen LogP) is 4.01. The Hall–Kier alpha value is -0.470. The maximum atomic E-state index is 13.3. The first kappa shape index (κ1) is 11.6. The minimum Gasteiger partial charge on any atom is -0.397 e. The molecule has 0 spiro atoms. The molecule has 78 valence electrons. The summed E-state index contributed by atoms with van der Waals surface area (Å²) in [5.41, 5.74) is 6.00. The molecule has 0 heterocycles. The van der Waals surface area contributed by atoms with Gasteiger partial charge in [0.05, 0.1) is 15.7 Å². The van der Waals surface area contributed by atoms with Crippen LogP contribution in [0.15, 0.2) is 6.07 Å². The third-order valence-corrected chi connectivity index (χ3v) is 2.71. The molecular formula is C10H12Cl2FN. The Kier molecular flexibility index (Phi) is 2.98. The fourth-order valence-electron chi connectivity index (χ4n) is 1.28. The summed E-state index contributed by atoms with van der Waals surface area (Å²) < 4.78 is 13.3. The van der Waals surface area contributed by atoms with Crippen molar-refractivity contribution in [1.29, 1.82) is 0 Å². The van der Waals surface area contributed by atoms with Crippen LogP contribution < -0.4 is 5.73 Å². The maximum Gasteiger partial charge on any atom is 0.144 e. The lowest BCUT2D eigenvalue weighted by molar-refractivity contribution is 0.573. The molecule has 0 aliphatic rings. The first-order valence-electron chi connectivity index (χ1n) is 4.18. The third kappa shape index (κ3) is 1.96. The zero-order chi connectivity index (χ0) is 11.1. The van der Waals surface area contributed by atoms with Gasteiger partial charge in [0.15, 0.2) is 0 Å². The fourth-order valence-corrected chi connectivity index (χ4v) is 2.20. The van der Waals surface area contributed by atoms with E-state index < -0.39 is 5.82 Å². The van der Waals surface area contributed by atoms with Crippen molar-refractivity contribution < 1.29 is 4.39 Å². The quantitative estimate of drug-likeness (QED) is 0.534. The van der Waals surface area contributed by atoms with Gasteiger partial charge in [0.1, 0.15) is 5.82 Å². The van der Waals surface area contributed by atoms with Crippen LogP contribution in [0.3, 0.4) is 0 Å². The minimum absolute atomic E-state index is 0.0525. The van der Waals surface area contributed by atoms with Gasteiger partial charge in [0, 0.05) is 0 Å². The molecule has 1 aromatic carbocycles. The molecule has 0 aromatic heterocycles. The van der Waals surface area contributed by atoms with Crippen LogP contribution in [0.25, 0.3) is 0 Å². The first-order chi connectivity index (χ1) is 6.25. The lowest BCUT2D eigenvalue weighted by atomic mass is 9.86. The van der Waals surface area contributed by atoms with Gasteiger partial charge in [0.25, 0.3) is 0 Å². The van der Waals surface area contributed by atoms with Crippen LogP contribution in [0.5, 0.6) is 0 Å².